The zero-order valence-corrected chi connectivity index (χ0v) is 18.3. The minimum absolute atomic E-state index is 0.0283. The third-order valence-corrected chi connectivity index (χ3v) is 5.85. The molecule has 0 spiro atoms. The molecule has 0 aliphatic carbocycles. The molecule has 3 aromatic rings. The van der Waals surface area contributed by atoms with Crippen molar-refractivity contribution in [3.05, 3.63) is 65.8 Å². The Morgan fingerprint density at radius 1 is 1.31 bits per heavy atom. The number of nitrogens with one attached hydrogen (secondary N) is 1. The normalized spacial score (nSPS) is 17.7. The number of aromatic nitrogens is 2. The van der Waals surface area contributed by atoms with Crippen molar-refractivity contribution in [2.75, 3.05) is 20.2 Å². The van der Waals surface area contributed by atoms with Gasteiger partial charge >= 0.3 is 0 Å². The molecule has 1 amide bonds. The summed E-state index contributed by atoms with van der Waals surface area (Å²) in [7, 11) is 1.62. The number of rotatable bonds is 7. The molecule has 0 bridgehead atoms. The van der Waals surface area contributed by atoms with Crippen molar-refractivity contribution < 1.29 is 18.4 Å². The second-order valence-corrected chi connectivity index (χ2v) is 8.05. The first-order valence-electron chi connectivity index (χ1n) is 10.8. The third kappa shape index (κ3) is 5.13. The molecule has 7 nitrogen and oxygen atoms in total. The SMILES string of the molecule is COc1cccc(CNC(=O)C(C)N2CCCC(c3nc(-c4cccc(F)c4)no3)C2)c1. The standard InChI is InChI=1S/C24H27FN4O3/c1-16(23(30)26-14-17-6-3-10-21(12-17)31-2)29-11-5-8-19(15-29)24-27-22(28-32-24)18-7-4-9-20(25)13-18/h3-4,6-7,9-10,12-13,16,19H,5,8,11,14-15H2,1-2H3,(H,26,30). The number of likely N-dealkylation sites (tertiary alicyclic amines) is 1. The summed E-state index contributed by atoms with van der Waals surface area (Å²) in [5.41, 5.74) is 1.56. The fourth-order valence-corrected chi connectivity index (χ4v) is 3.99. The van der Waals surface area contributed by atoms with E-state index in [0.29, 0.717) is 30.4 Å². The highest BCUT2D eigenvalue weighted by molar-refractivity contribution is 5.81. The van der Waals surface area contributed by atoms with Gasteiger partial charge in [-0.25, -0.2) is 4.39 Å². The molecule has 1 aromatic heterocycles. The quantitative estimate of drug-likeness (QED) is 0.605. The lowest BCUT2D eigenvalue weighted by Crippen LogP contribution is -2.48. The van der Waals surface area contributed by atoms with Crippen molar-refractivity contribution in [2.45, 2.75) is 38.3 Å². The zero-order valence-electron chi connectivity index (χ0n) is 18.3. The van der Waals surface area contributed by atoms with E-state index in [0.717, 1.165) is 30.7 Å². The molecule has 0 radical (unpaired) electrons. The maximum Gasteiger partial charge on any atom is 0.237 e. The number of carbonyl (C=O) groups is 1. The van der Waals surface area contributed by atoms with Crippen LogP contribution in [0.4, 0.5) is 4.39 Å². The molecule has 1 N–H and O–H groups in total. The van der Waals surface area contributed by atoms with Crippen molar-refractivity contribution in [3.63, 3.8) is 0 Å². The largest absolute Gasteiger partial charge is 0.497 e. The van der Waals surface area contributed by atoms with Crippen LogP contribution in [0.1, 0.15) is 37.1 Å². The first-order valence-corrected chi connectivity index (χ1v) is 10.8. The molecule has 2 unspecified atom stereocenters. The summed E-state index contributed by atoms with van der Waals surface area (Å²) in [4.78, 5) is 19.4. The van der Waals surface area contributed by atoms with Crippen LogP contribution in [0.3, 0.4) is 0 Å². The Morgan fingerprint density at radius 2 is 2.16 bits per heavy atom. The average molecular weight is 439 g/mol. The van der Waals surface area contributed by atoms with Gasteiger partial charge in [0.1, 0.15) is 11.6 Å². The van der Waals surface area contributed by atoms with Gasteiger partial charge in [0.2, 0.25) is 17.6 Å². The van der Waals surface area contributed by atoms with E-state index >= 15 is 0 Å². The highest BCUT2D eigenvalue weighted by Crippen LogP contribution is 2.28. The maximum atomic E-state index is 13.5. The molecular weight excluding hydrogens is 411 g/mol. The van der Waals surface area contributed by atoms with E-state index in [1.807, 2.05) is 31.2 Å². The summed E-state index contributed by atoms with van der Waals surface area (Å²) in [5.74, 6) is 1.33. The van der Waals surface area contributed by atoms with Gasteiger partial charge in [-0.15, -0.1) is 0 Å². The van der Waals surface area contributed by atoms with Crippen molar-refractivity contribution in [3.8, 4) is 17.1 Å². The summed E-state index contributed by atoms with van der Waals surface area (Å²) >= 11 is 0. The van der Waals surface area contributed by atoms with Gasteiger partial charge in [0.15, 0.2) is 0 Å². The maximum absolute atomic E-state index is 13.5. The van der Waals surface area contributed by atoms with Gasteiger partial charge in [-0.3, -0.25) is 9.69 Å². The highest BCUT2D eigenvalue weighted by Gasteiger charge is 2.31. The van der Waals surface area contributed by atoms with Gasteiger partial charge in [-0.05, 0) is 56.1 Å². The summed E-state index contributed by atoms with van der Waals surface area (Å²) in [6.07, 6.45) is 1.83. The number of hydrogen-bond donors (Lipinski definition) is 1. The Bertz CT molecular complexity index is 1070. The van der Waals surface area contributed by atoms with E-state index in [2.05, 4.69) is 20.4 Å². The van der Waals surface area contributed by atoms with Gasteiger partial charge in [0, 0.05) is 18.7 Å². The smallest absolute Gasteiger partial charge is 0.237 e. The van der Waals surface area contributed by atoms with E-state index in [9.17, 15) is 9.18 Å². The van der Waals surface area contributed by atoms with Crippen LogP contribution in [0.2, 0.25) is 0 Å². The van der Waals surface area contributed by atoms with E-state index in [1.165, 1.54) is 12.1 Å². The lowest BCUT2D eigenvalue weighted by molar-refractivity contribution is -0.126. The molecule has 0 saturated carbocycles. The molecule has 1 fully saturated rings. The van der Waals surface area contributed by atoms with Crippen LogP contribution in [0.25, 0.3) is 11.4 Å². The van der Waals surface area contributed by atoms with Crippen LogP contribution < -0.4 is 10.1 Å². The molecule has 4 rings (SSSR count). The van der Waals surface area contributed by atoms with Gasteiger partial charge in [-0.2, -0.15) is 4.98 Å². The lowest BCUT2D eigenvalue weighted by atomic mass is 9.96. The van der Waals surface area contributed by atoms with Crippen LogP contribution >= 0.6 is 0 Å². The molecule has 1 saturated heterocycles. The predicted molar refractivity (Wildman–Crippen MR) is 118 cm³/mol. The molecule has 2 atom stereocenters. The van der Waals surface area contributed by atoms with E-state index < -0.39 is 0 Å². The Morgan fingerprint density at radius 3 is 2.97 bits per heavy atom. The average Bonchev–Trinajstić information content (AvgIpc) is 3.33. The van der Waals surface area contributed by atoms with Gasteiger partial charge < -0.3 is 14.6 Å². The summed E-state index contributed by atoms with van der Waals surface area (Å²) < 4.78 is 24.2. The number of nitrogens with zero attached hydrogens (tertiary/aromatic N) is 3. The van der Waals surface area contributed by atoms with Crippen LogP contribution in [0, 0.1) is 5.82 Å². The molecule has 8 heteroatoms. The second-order valence-electron chi connectivity index (χ2n) is 8.05. The van der Waals surface area contributed by atoms with Crippen molar-refractivity contribution in [1.82, 2.24) is 20.4 Å². The summed E-state index contributed by atoms with van der Waals surface area (Å²) in [6.45, 7) is 3.83. The zero-order chi connectivity index (χ0) is 22.5. The Kier molecular flexibility index (Phi) is 6.80. The van der Waals surface area contributed by atoms with E-state index in [1.54, 1.807) is 19.2 Å². The fourth-order valence-electron chi connectivity index (χ4n) is 3.99. The molecule has 168 valence electrons. The topological polar surface area (TPSA) is 80.5 Å². The van der Waals surface area contributed by atoms with Crippen LogP contribution in [0.5, 0.6) is 5.75 Å². The minimum atomic E-state index is -0.341. The Hall–Kier alpha value is -3.26. The third-order valence-electron chi connectivity index (χ3n) is 5.85. The molecule has 2 aromatic carbocycles. The number of amides is 1. The number of ether oxygens (including phenoxy) is 1. The highest BCUT2D eigenvalue weighted by atomic mass is 19.1. The van der Waals surface area contributed by atoms with Crippen molar-refractivity contribution >= 4 is 5.91 Å². The van der Waals surface area contributed by atoms with Gasteiger partial charge in [0.25, 0.3) is 0 Å². The number of benzene rings is 2. The van der Waals surface area contributed by atoms with Crippen LogP contribution in [-0.4, -0.2) is 47.2 Å². The lowest BCUT2D eigenvalue weighted by Gasteiger charge is -2.34. The van der Waals surface area contributed by atoms with E-state index in [4.69, 9.17) is 9.26 Å². The summed E-state index contributed by atoms with van der Waals surface area (Å²) in [6, 6.07) is 13.5. The number of carbonyl (C=O) groups excluding carboxylic acids is 1. The Labute approximate surface area is 186 Å². The second kappa shape index (κ2) is 9.91. The molecule has 32 heavy (non-hydrogen) atoms. The first-order chi connectivity index (χ1) is 15.5. The predicted octanol–water partition coefficient (Wildman–Crippen LogP) is 3.77. The van der Waals surface area contributed by atoms with Gasteiger partial charge in [0.05, 0.1) is 19.1 Å². The molecule has 1 aliphatic heterocycles. The van der Waals surface area contributed by atoms with Crippen molar-refractivity contribution in [2.24, 2.45) is 0 Å². The number of methoxy groups -OCH3 is 1. The van der Waals surface area contributed by atoms with Crippen LogP contribution in [-0.2, 0) is 11.3 Å². The van der Waals surface area contributed by atoms with Crippen molar-refractivity contribution in [1.29, 1.82) is 0 Å². The number of hydrogen-bond acceptors (Lipinski definition) is 6. The van der Waals surface area contributed by atoms with E-state index in [-0.39, 0.29) is 23.7 Å². The molecular formula is C24H27FN4O3. The molecule has 2 heterocycles. The molecule has 1 aliphatic rings. The minimum Gasteiger partial charge on any atom is -0.497 e. The Balaban J connectivity index is 1.36. The fraction of sp³-hybridized carbons (Fsp3) is 0.375. The number of piperidine rings is 1. The summed E-state index contributed by atoms with van der Waals surface area (Å²) in [5, 5.41) is 7.03. The van der Waals surface area contributed by atoms with Gasteiger partial charge in [-0.1, -0.05) is 29.4 Å². The monoisotopic (exact) mass is 438 g/mol. The number of halogens is 1. The van der Waals surface area contributed by atoms with Crippen LogP contribution in [0.15, 0.2) is 53.1 Å². The first kappa shape index (κ1) is 22.0.